The Morgan fingerprint density at radius 3 is 2.58 bits per heavy atom. The molecule has 4 heteroatoms. The van der Waals surface area contributed by atoms with E-state index in [1.807, 2.05) is 19.1 Å². The second kappa shape index (κ2) is 4.41. The van der Waals surface area contributed by atoms with E-state index in [-0.39, 0.29) is 0 Å². The highest BCUT2D eigenvalue weighted by Crippen LogP contribution is 2.31. The van der Waals surface area contributed by atoms with Gasteiger partial charge in [-0.15, -0.1) is 0 Å². The quantitative estimate of drug-likeness (QED) is 0.708. The fraction of sp³-hybridized carbons (Fsp3) is 0.250. The van der Waals surface area contributed by atoms with Gasteiger partial charge in [-0.25, -0.2) is 0 Å². The normalized spacial score (nSPS) is 10.3. The molecule has 0 heterocycles. The van der Waals surface area contributed by atoms with Gasteiger partial charge in [0.25, 0.3) is 0 Å². The summed E-state index contributed by atoms with van der Waals surface area (Å²) < 4.78 is 4.81. The lowest BCUT2D eigenvalue weighted by Gasteiger charge is -2.08. The molecule has 2 N–H and O–H groups in total. The summed E-state index contributed by atoms with van der Waals surface area (Å²) in [6.45, 7) is 1.99. The average Bonchev–Trinajstić information content (AvgIpc) is 2.04. The van der Waals surface area contributed by atoms with E-state index in [2.05, 4.69) is 0 Å². The molecule has 3 nitrogen and oxygen atoms in total. The Bertz CT molecular complexity index is 250. The minimum atomic E-state index is -2.30. The number of rotatable bonds is 3. The first kappa shape index (κ1) is 9.46. The fourth-order valence-corrected chi connectivity index (χ4v) is 1.33. The zero-order valence-electron chi connectivity index (χ0n) is 6.77. The van der Waals surface area contributed by atoms with E-state index in [0.717, 1.165) is 12.0 Å². The number of benzene rings is 1. The largest absolute Gasteiger partial charge is 0.427 e. The Hall–Kier alpha value is -0.630. The van der Waals surface area contributed by atoms with Gasteiger partial charge in [0.05, 0.1) is 0 Å². The summed E-state index contributed by atoms with van der Waals surface area (Å²) in [5.74, 6) is 0.552. The third-order valence-corrected chi connectivity index (χ3v) is 1.89. The molecule has 0 radical (unpaired) electrons. The fourth-order valence-electron chi connectivity index (χ4n) is 0.973. The monoisotopic (exact) mass is 186 g/mol. The highest BCUT2D eigenvalue weighted by Gasteiger charge is 2.05. The molecule has 0 aliphatic rings. The molecule has 1 aromatic carbocycles. The standard InChI is InChI=1S/C8H11O3P/c1-2-7-5-3-4-6-8(7)11-12(9)10/h3-6,9-10H,2H2,1H3. The van der Waals surface area contributed by atoms with Crippen LogP contribution in [0.2, 0.25) is 0 Å². The van der Waals surface area contributed by atoms with Gasteiger partial charge in [-0.3, -0.25) is 0 Å². The van der Waals surface area contributed by atoms with E-state index < -0.39 is 8.60 Å². The molecule has 0 aliphatic carbocycles. The summed E-state index contributed by atoms with van der Waals surface area (Å²) in [5.41, 5.74) is 0.980. The molecule has 0 bridgehead atoms. The van der Waals surface area contributed by atoms with Crippen molar-refractivity contribution in [2.75, 3.05) is 0 Å². The zero-order valence-corrected chi connectivity index (χ0v) is 7.66. The van der Waals surface area contributed by atoms with Crippen LogP contribution in [0, 0.1) is 0 Å². The molecular formula is C8H11O3P. The van der Waals surface area contributed by atoms with Crippen molar-refractivity contribution >= 4 is 8.60 Å². The number of hydrogen-bond donors (Lipinski definition) is 2. The van der Waals surface area contributed by atoms with Gasteiger partial charge >= 0.3 is 8.60 Å². The van der Waals surface area contributed by atoms with E-state index in [1.165, 1.54) is 0 Å². The third kappa shape index (κ3) is 2.45. The summed E-state index contributed by atoms with van der Waals surface area (Å²) in [5, 5.41) is 0. The van der Waals surface area contributed by atoms with Crippen LogP contribution in [0.15, 0.2) is 24.3 Å². The second-order valence-corrected chi connectivity index (χ2v) is 2.99. The summed E-state index contributed by atoms with van der Waals surface area (Å²) >= 11 is 0. The van der Waals surface area contributed by atoms with Gasteiger partial charge in [-0.2, -0.15) is 0 Å². The van der Waals surface area contributed by atoms with Gasteiger partial charge in [0, 0.05) is 0 Å². The Balaban J connectivity index is 2.82. The molecule has 0 unspecified atom stereocenters. The van der Waals surface area contributed by atoms with Crippen molar-refractivity contribution in [3.05, 3.63) is 29.8 Å². The number of hydrogen-bond acceptors (Lipinski definition) is 3. The van der Waals surface area contributed by atoms with Gasteiger partial charge in [0.1, 0.15) is 5.75 Å². The minimum absolute atomic E-state index is 0.552. The van der Waals surface area contributed by atoms with Crippen LogP contribution in [0.25, 0.3) is 0 Å². The number of para-hydroxylation sites is 1. The van der Waals surface area contributed by atoms with Gasteiger partial charge < -0.3 is 14.3 Å². The SMILES string of the molecule is CCc1ccccc1OP(O)O. The van der Waals surface area contributed by atoms with Gasteiger partial charge in [-0.05, 0) is 18.1 Å². The van der Waals surface area contributed by atoms with E-state index in [4.69, 9.17) is 14.3 Å². The van der Waals surface area contributed by atoms with E-state index >= 15 is 0 Å². The van der Waals surface area contributed by atoms with Crippen LogP contribution in [0.1, 0.15) is 12.5 Å². The molecule has 0 saturated heterocycles. The van der Waals surface area contributed by atoms with Crippen LogP contribution in [-0.2, 0) is 6.42 Å². The summed E-state index contributed by atoms with van der Waals surface area (Å²) in [6.07, 6.45) is 0.819. The Morgan fingerprint density at radius 2 is 2.00 bits per heavy atom. The Labute approximate surface area is 72.6 Å². The topological polar surface area (TPSA) is 49.7 Å². The van der Waals surface area contributed by atoms with Gasteiger partial charge in [-0.1, -0.05) is 25.1 Å². The van der Waals surface area contributed by atoms with Crippen molar-refractivity contribution in [2.24, 2.45) is 0 Å². The average molecular weight is 186 g/mol. The van der Waals surface area contributed by atoms with Crippen LogP contribution < -0.4 is 4.52 Å². The maximum absolute atomic E-state index is 8.62. The van der Waals surface area contributed by atoms with Gasteiger partial charge in [0.2, 0.25) is 0 Å². The van der Waals surface area contributed by atoms with Crippen LogP contribution in [0.4, 0.5) is 0 Å². The molecule has 0 fully saturated rings. The molecular weight excluding hydrogens is 175 g/mol. The van der Waals surface area contributed by atoms with Crippen molar-refractivity contribution < 1.29 is 14.3 Å². The summed E-state index contributed by atoms with van der Waals surface area (Å²) in [4.78, 5) is 17.2. The second-order valence-electron chi connectivity index (χ2n) is 2.31. The predicted octanol–water partition coefficient (Wildman–Crippen LogP) is 1.84. The smallest absolute Gasteiger partial charge is 0.391 e. The van der Waals surface area contributed by atoms with Crippen molar-refractivity contribution in [2.45, 2.75) is 13.3 Å². The van der Waals surface area contributed by atoms with Crippen molar-refractivity contribution in [3.8, 4) is 5.75 Å². The first-order valence-electron chi connectivity index (χ1n) is 3.67. The highest BCUT2D eigenvalue weighted by molar-refractivity contribution is 7.39. The van der Waals surface area contributed by atoms with E-state index in [9.17, 15) is 0 Å². The molecule has 0 aliphatic heterocycles. The first-order valence-corrected chi connectivity index (χ1v) is 4.84. The maximum atomic E-state index is 8.62. The third-order valence-electron chi connectivity index (χ3n) is 1.53. The zero-order chi connectivity index (χ0) is 8.97. The molecule has 0 spiro atoms. The Morgan fingerprint density at radius 1 is 1.33 bits per heavy atom. The lowest BCUT2D eigenvalue weighted by atomic mass is 10.1. The van der Waals surface area contributed by atoms with Crippen LogP contribution >= 0.6 is 8.60 Å². The Kier molecular flexibility index (Phi) is 3.48. The number of aryl methyl sites for hydroxylation is 1. The van der Waals surface area contributed by atoms with Crippen molar-refractivity contribution in [1.29, 1.82) is 0 Å². The summed E-state index contributed by atoms with van der Waals surface area (Å²) in [7, 11) is -2.30. The van der Waals surface area contributed by atoms with Crippen LogP contribution in [-0.4, -0.2) is 9.79 Å². The van der Waals surface area contributed by atoms with Crippen molar-refractivity contribution in [1.82, 2.24) is 0 Å². The summed E-state index contributed by atoms with van der Waals surface area (Å²) in [6, 6.07) is 7.31. The lowest BCUT2D eigenvalue weighted by Crippen LogP contribution is -1.90. The van der Waals surface area contributed by atoms with Crippen molar-refractivity contribution in [3.63, 3.8) is 0 Å². The minimum Gasteiger partial charge on any atom is -0.427 e. The lowest BCUT2D eigenvalue weighted by molar-refractivity contribution is 0.373. The van der Waals surface area contributed by atoms with Crippen LogP contribution in [0.3, 0.4) is 0 Å². The highest BCUT2D eigenvalue weighted by atomic mass is 31.2. The molecule has 1 rings (SSSR count). The van der Waals surface area contributed by atoms with Gasteiger partial charge in [0.15, 0.2) is 0 Å². The molecule has 66 valence electrons. The molecule has 0 aromatic heterocycles. The van der Waals surface area contributed by atoms with E-state index in [0.29, 0.717) is 5.75 Å². The first-order chi connectivity index (χ1) is 5.74. The molecule has 12 heavy (non-hydrogen) atoms. The molecule has 0 saturated carbocycles. The molecule has 0 atom stereocenters. The maximum Gasteiger partial charge on any atom is 0.391 e. The predicted molar refractivity (Wildman–Crippen MR) is 47.8 cm³/mol. The molecule has 0 amide bonds. The van der Waals surface area contributed by atoms with Crippen LogP contribution in [0.5, 0.6) is 5.75 Å². The van der Waals surface area contributed by atoms with E-state index in [1.54, 1.807) is 12.1 Å². The molecule has 1 aromatic rings.